The molecule has 1 aromatic heterocycles. The van der Waals surface area contributed by atoms with E-state index in [1.165, 1.54) is 7.11 Å². The van der Waals surface area contributed by atoms with Crippen LogP contribution in [0.2, 0.25) is 0 Å². The van der Waals surface area contributed by atoms with Gasteiger partial charge in [-0.25, -0.2) is 4.68 Å². The summed E-state index contributed by atoms with van der Waals surface area (Å²) in [5, 5.41) is 10.0. The fraction of sp³-hybridized carbons (Fsp3) is 0.476. The van der Waals surface area contributed by atoms with E-state index in [2.05, 4.69) is 26.6 Å². The number of hydrogen-bond acceptors (Lipinski definition) is 6. The number of hydrazine groups is 1. The topological polar surface area (TPSA) is 101 Å². The molecule has 4 N–H and O–H groups in total. The number of rotatable bonds is 5. The van der Waals surface area contributed by atoms with Gasteiger partial charge in [0.2, 0.25) is 0 Å². The quantitative estimate of drug-likeness (QED) is 0.369. The van der Waals surface area contributed by atoms with E-state index in [0.29, 0.717) is 24.5 Å². The van der Waals surface area contributed by atoms with Gasteiger partial charge in [0.1, 0.15) is 17.1 Å². The average Bonchev–Trinajstić information content (AvgIpc) is 3.50. The smallest absolute Gasteiger partial charge is 0.410 e. The summed E-state index contributed by atoms with van der Waals surface area (Å²) in [6, 6.07) is 4.15. The predicted octanol–water partition coefficient (Wildman–Crippen LogP) is 2.84. The molecule has 2 aliphatic heterocycles. The maximum Gasteiger partial charge on any atom is 0.410 e. The standard InChI is InChI=1S/C21H25F3N6O3S/c1-32-13-6-4-12(5-7-13)16-9-17(21(22,23)24)30-18(27-16)15(11-26-30)19(31)28-29-20(34)25-10-14-3-2-8-33-14/h4-7,11,14,16-17,27H,2-3,8-10H2,1H3,(H,28,31)(H2,25,29,34)/t14-,16+,17-/m0/s1. The van der Waals surface area contributed by atoms with E-state index in [1.807, 2.05) is 0 Å². The largest absolute Gasteiger partial charge is 0.497 e. The van der Waals surface area contributed by atoms with Gasteiger partial charge in [0.05, 0.1) is 25.5 Å². The van der Waals surface area contributed by atoms with Gasteiger partial charge in [-0.05, 0) is 42.8 Å². The third-order valence-electron chi connectivity index (χ3n) is 5.81. The van der Waals surface area contributed by atoms with E-state index in [0.717, 1.165) is 23.7 Å². The van der Waals surface area contributed by atoms with Crippen molar-refractivity contribution in [3.8, 4) is 5.75 Å². The second kappa shape index (κ2) is 10.1. The number of carbonyl (C=O) groups is 1. The molecule has 0 saturated carbocycles. The first-order chi connectivity index (χ1) is 16.3. The Hall–Kier alpha value is -3.06. The van der Waals surface area contributed by atoms with E-state index in [9.17, 15) is 18.0 Å². The highest BCUT2D eigenvalue weighted by Gasteiger charge is 2.47. The van der Waals surface area contributed by atoms with Crippen LogP contribution in [0.4, 0.5) is 19.0 Å². The number of ether oxygens (including phenoxy) is 2. The third kappa shape index (κ3) is 5.36. The minimum absolute atomic E-state index is 0.0214. The molecular weight excluding hydrogens is 473 g/mol. The number of hydrogen-bond donors (Lipinski definition) is 4. The van der Waals surface area contributed by atoms with Crippen molar-refractivity contribution in [2.75, 3.05) is 25.6 Å². The molecule has 2 aromatic rings. The number of anilines is 1. The molecule has 13 heteroatoms. The van der Waals surface area contributed by atoms with Crippen molar-refractivity contribution in [1.82, 2.24) is 25.9 Å². The number of thiocarbonyl (C=S) groups is 1. The van der Waals surface area contributed by atoms with Crippen molar-refractivity contribution in [1.29, 1.82) is 0 Å². The van der Waals surface area contributed by atoms with Gasteiger partial charge in [-0.3, -0.25) is 15.6 Å². The summed E-state index contributed by atoms with van der Waals surface area (Å²) in [6.45, 7) is 1.20. The molecule has 0 aliphatic carbocycles. The highest BCUT2D eigenvalue weighted by Crippen LogP contribution is 2.44. The van der Waals surface area contributed by atoms with Crippen molar-refractivity contribution in [3.63, 3.8) is 0 Å². The van der Waals surface area contributed by atoms with Gasteiger partial charge >= 0.3 is 6.18 Å². The number of aromatic nitrogens is 2. The lowest BCUT2D eigenvalue weighted by atomic mass is 9.96. The molecule has 1 aromatic carbocycles. The summed E-state index contributed by atoms with van der Waals surface area (Å²) in [5.74, 6) is -0.106. The second-order valence-corrected chi connectivity index (χ2v) is 8.45. The highest BCUT2D eigenvalue weighted by molar-refractivity contribution is 7.80. The maximum absolute atomic E-state index is 13.8. The van der Waals surface area contributed by atoms with Crippen molar-refractivity contribution in [2.24, 2.45) is 0 Å². The Labute approximate surface area is 199 Å². The Morgan fingerprint density at radius 3 is 2.74 bits per heavy atom. The molecule has 34 heavy (non-hydrogen) atoms. The number of benzene rings is 1. The lowest BCUT2D eigenvalue weighted by molar-refractivity contribution is -0.173. The van der Waals surface area contributed by atoms with Crippen LogP contribution in [-0.2, 0) is 4.74 Å². The molecule has 0 unspecified atom stereocenters. The van der Waals surface area contributed by atoms with Crippen molar-refractivity contribution in [3.05, 3.63) is 41.6 Å². The molecule has 3 heterocycles. The zero-order valence-electron chi connectivity index (χ0n) is 18.3. The van der Waals surface area contributed by atoms with Crippen molar-refractivity contribution < 1.29 is 27.4 Å². The lowest BCUT2D eigenvalue weighted by Crippen LogP contribution is -2.48. The fourth-order valence-corrected chi connectivity index (χ4v) is 4.15. The molecule has 0 spiro atoms. The van der Waals surface area contributed by atoms with Crippen LogP contribution >= 0.6 is 12.2 Å². The number of nitrogens with one attached hydrogen (secondary N) is 4. The first-order valence-corrected chi connectivity index (χ1v) is 11.2. The molecule has 2 aliphatic rings. The molecular formula is C21H25F3N6O3S. The summed E-state index contributed by atoms with van der Waals surface area (Å²) >= 11 is 5.14. The zero-order chi connectivity index (χ0) is 24.3. The van der Waals surface area contributed by atoms with Crippen LogP contribution in [0.1, 0.15) is 47.3 Å². The SMILES string of the molecule is COc1ccc([C@H]2C[C@@H](C(F)(F)F)n3ncc(C(=O)NNC(=S)NC[C@@H]4CCCO4)c3N2)cc1. The molecule has 1 saturated heterocycles. The fourth-order valence-electron chi connectivity index (χ4n) is 4.02. The van der Waals surface area contributed by atoms with Gasteiger partial charge in [0, 0.05) is 19.6 Å². The summed E-state index contributed by atoms with van der Waals surface area (Å²) < 4.78 is 53.0. The van der Waals surface area contributed by atoms with Crippen molar-refractivity contribution >= 4 is 29.1 Å². The first kappa shape index (κ1) is 24.1. The number of nitrogens with zero attached hydrogens (tertiary/aromatic N) is 2. The van der Waals surface area contributed by atoms with E-state index in [1.54, 1.807) is 24.3 Å². The number of fused-ring (bicyclic) bond motifs is 1. The Bertz CT molecular complexity index is 1020. The van der Waals surface area contributed by atoms with Crippen LogP contribution in [0, 0.1) is 0 Å². The first-order valence-electron chi connectivity index (χ1n) is 10.8. The number of carbonyl (C=O) groups excluding carboxylic acids is 1. The van der Waals surface area contributed by atoms with Gasteiger partial charge < -0.3 is 20.1 Å². The third-order valence-corrected chi connectivity index (χ3v) is 6.05. The molecule has 9 nitrogen and oxygen atoms in total. The van der Waals surface area contributed by atoms with E-state index in [4.69, 9.17) is 21.7 Å². The Kier molecular flexibility index (Phi) is 7.12. The zero-order valence-corrected chi connectivity index (χ0v) is 19.1. The minimum atomic E-state index is -4.55. The molecule has 1 amide bonds. The summed E-state index contributed by atoms with van der Waals surface area (Å²) in [5.41, 5.74) is 5.56. The van der Waals surface area contributed by atoms with E-state index < -0.39 is 24.2 Å². The minimum Gasteiger partial charge on any atom is -0.497 e. The Morgan fingerprint density at radius 2 is 2.09 bits per heavy atom. The molecule has 4 rings (SSSR count). The van der Waals surface area contributed by atoms with Crippen LogP contribution in [0.5, 0.6) is 5.75 Å². The second-order valence-electron chi connectivity index (χ2n) is 8.04. The van der Waals surface area contributed by atoms with Gasteiger partial charge in [0.25, 0.3) is 5.91 Å². The van der Waals surface area contributed by atoms with Crippen LogP contribution in [0.25, 0.3) is 0 Å². The monoisotopic (exact) mass is 498 g/mol. The molecule has 0 bridgehead atoms. The lowest BCUT2D eigenvalue weighted by Gasteiger charge is -2.34. The van der Waals surface area contributed by atoms with Crippen LogP contribution in [0.15, 0.2) is 30.5 Å². The van der Waals surface area contributed by atoms with Crippen molar-refractivity contribution in [2.45, 2.75) is 43.6 Å². The van der Waals surface area contributed by atoms with Crippen LogP contribution in [0.3, 0.4) is 0 Å². The molecule has 184 valence electrons. The van der Waals surface area contributed by atoms with Crippen LogP contribution < -0.4 is 26.2 Å². The van der Waals surface area contributed by atoms with Gasteiger partial charge in [0.15, 0.2) is 11.2 Å². The molecule has 1 fully saturated rings. The maximum atomic E-state index is 13.8. The van der Waals surface area contributed by atoms with Gasteiger partial charge in [-0.1, -0.05) is 12.1 Å². The average molecular weight is 499 g/mol. The predicted molar refractivity (Wildman–Crippen MR) is 121 cm³/mol. The van der Waals surface area contributed by atoms with Crippen LogP contribution in [-0.4, -0.2) is 53.3 Å². The number of halogens is 3. The van der Waals surface area contributed by atoms with E-state index >= 15 is 0 Å². The molecule has 0 radical (unpaired) electrons. The Balaban J connectivity index is 1.47. The Morgan fingerprint density at radius 1 is 1.32 bits per heavy atom. The summed E-state index contributed by atoms with van der Waals surface area (Å²) in [4.78, 5) is 12.7. The number of methoxy groups -OCH3 is 1. The molecule has 3 atom stereocenters. The number of alkyl halides is 3. The summed E-state index contributed by atoms with van der Waals surface area (Å²) in [6.07, 6.45) is -1.76. The van der Waals surface area contributed by atoms with Gasteiger partial charge in [-0.2, -0.15) is 18.3 Å². The summed E-state index contributed by atoms with van der Waals surface area (Å²) in [7, 11) is 1.51. The van der Waals surface area contributed by atoms with E-state index in [-0.39, 0.29) is 29.0 Å². The van der Waals surface area contributed by atoms with Gasteiger partial charge in [-0.15, -0.1) is 0 Å². The number of amides is 1. The normalized spacial score (nSPS) is 21.8. The highest BCUT2D eigenvalue weighted by atomic mass is 32.1.